The molecule has 0 saturated heterocycles. The maximum absolute atomic E-state index is 12.1. The van der Waals surface area contributed by atoms with Crippen LogP contribution in [0.5, 0.6) is 0 Å². The highest BCUT2D eigenvalue weighted by Crippen LogP contribution is 2.47. The van der Waals surface area contributed by atoms with E-state index in [9.17, 15) is 9.90 Å². The van der Waals surface area contributed by atoms with Gasteiger partial charge in [0, 0.05) is 21.1 Å². The second-order valence-electron chi connectivity index (χ2n) is 6.44. The van der Waals surface area contributed by atoms with Gasteiger partial charge >= 0.3 is 5.97 Å². The van der Waals surface area contributed by atoms with Crippen molar-refractivity contribution < 1.29 is 9.90 Å². The third-order valence-corrected chi connectivity index (χ3v) is 5.77. The van der Waals surface area contributed by atoms with E-state index in [-0.39, 0.29) is 0 Å². The summed E-state index contributed by atoms with van der Waals surface area (Å²) >= 11 is 3.63. The summed E-state index contributed by atoms with van der Waals surface area (Å²) in [7, 11) is 0. The number of carbonyl (C=O) groups is 1. The van der Waals surface area contributed by atoms with Gasteiger partial charge in [-0.15, -0.1) is 0 Å². The van der Waals surface area contributed by atoms with Gasteiger partial charge in [-0.05, 0) is 43.4 Å². The van der Waals surface area contributed by atoms with Gasteiger partial charge in [-0.2, -0.15) is 0 Å². The number of rotatable bonds is 5. The quantitative estimate of drug-likeness (QED) is 0.727. The van der Waals surface area contributed by atoms with Crippen molar-refractivity contribution in [1.29, 1.82) is 0 Å². The average Bonchev–Trinajstić information content (AvgIpc) is 3.02. The maximum Gasteiger partial charge on any atom is 0.315 e. The van der Waals surface area contributed by atoms with E-state index in [1.54, 1.807) is 0 Å². The number of unbranched alkanes of at least 4 members (excludes halogenated alkanes) is 2. The van der Waals surface area contributed by atoms with Crippen molar-refractivity contribution >= 4 is 32.8 Å². The van der Waals surface area contributed by atoms with Crippen LogP contribution in [0.1, 0.15) is 55.8 Å². The van der Waals surface area contributed by atoms with Gasteiger partial charge in [-0.1, -0.05) is 48.2 Å². The van der Waals surface area contributed by atoms with Gasteiger partial charge in [0.15, 0.2) is 0 Å². The molecule has 1 aliphatic carbocycles. The monoisotopic (exact) mass is 363 g/mol. The Kier molecular flexibility index (Phi) is 4.06. The maximum atomic E-state index is 12.1. The number of aryl methyl sites for hydroxylation is 2. The molecule has 0 spiro atoms. The van der Waals surface area contributed by atoms with Gasteiger partial charge in [0.2, 0.25) is 0 Å². The largest absolute Gasteiger partial charge is 0.481 e. The molecule has 0 bridgehead atoms. The predicted octanol–water partition coefficient (Wildman–Crippen LogP) is 5.09. The van der Waals surface area contributed by atoms with E-state index in [4.69, 9.17) is 0 Å². The molecule has 22 heavy (non-hydrogen) atoms. The first-order valence-corrected chi connectivity index (χ1v) is 8.84. The van der Waals surface area contributed by atoms with Crippen LogP contribution in [0.3, 0.4) is 0 Å². The fourth-order valence-corrected chi connectivity index (χ4v) is 4.40. The summed E-state index contributed by atoms with van der Waals surface area (Å²) in [4.78, 5) is 15.6. The highest BCUT2D eigenvalue weighted by molar-refractivity contribution is 9.10. The number of carboxylic acid groups (broad SMARTS) is 1. The summed E-state index contributed by atoms with van der Waals surface area (Å²) in [6.07, 6.45) is 5.46. The van der Waals surface area contributed by atoms with Crippen LogP contribution in [-0.2, 0) is 16.6 Å². The van der Waals surface area contributed by atoms with Crippen LogP contribution < -0.4 is 0 Å². The van der Waals surface area contributed by atoms with E-state index in [1.807, 2.05) is 0 Å². The molecule has 0 radical (unpaired) electrons. The number of hydrogen-bond acceptors (Lipinski definition) is 1. The van der Waals surface area contributed by atoms with Crippen molar-refractivity contribution in [1.82, 2.24) is 4.98 Å². The van der Waals surface area contributed by atoms with Crippen LogP contribution in [0.4, 0.5) is 0 Å². The first-order chi connectivity index (χ1) is 10.5. The van der Waals surface area contributed by atoms with Gasteiger partial charge in [-0.3, -0.25) is 4.79 Å². The van der Waals surface area contributed by atoms with E-state index >= 15 is 0 Å². The van der Waals surface area contributed by atoms with Gasteiger partial charge < -0.3 is 10.1 Å². The number of carboxylic acids is 1. The summed E-state index contributed by atoms with van der Waals surface area (Å²) in [6.45, 7) is 4.22. The minimum absolute atomic E-state index is 0.678. The molecule has 0 aliphatic heterocycles. The molecule has 1 heterocycles. The SMILES string of the molecule is CCCCCC1(C(=O)O)CCc2c1[nH]c1c(C)ccc(Br)c21. The molecule has 1 aromatic heterocycles. The van der Waals surface area contributed by atoms with E-state index in [1.165, 1.54) is 16.5 Å². The molecule has 4 heteroatoms. The molecule has 0 fully saturated rings. The third kappa shape index (κ3) is 2.19. The smallest absolute Gasteiger partial charge is 0.315 e. The van der Waals surface area contributed by atoms with Crippen molar-refractivity contribution in [3.63, 3.8) is 0 Å². The molecule has 3 rings (SSSR count). The lowest BCUT2D eigenvalue weighted by atomic mass is 9.80. The molecule has 0 amide bonds. The lowest BCUT2D eigenvalue weighted by Crippen LogP contribution is -2.34. The van der Waals surface area contributed by atoms with Crippen LogP contribution in [0.25, 0.3) is 10.9 Å². The zero-order valence-electron chi connectivity index (χ0n) is 13.1. The van der Waals surface area contributed by atoms with Crippen molar-refractivity contribution in [3.05, 3.63) is 33.4 Å². The Bertz CT molecular complexity index is 734. The number of nitrogens with one attached hydrogen (secondary N) is 1. The van der Waals surface area contributed by atoms with Crippen LogP contribution in [0.2, 0.25) is 0 Å². The molecular formula is C18H22BrNO2. The average molecular weight is 364 g/mol. The molecule has 2 aromatic rings. The number of hydrogen-bond donors (Lipinski definition) is 2. The number of aliphatic carboxylic acids is 1. The fourth-order valence-electron chi connectivity index (χ4n) is 3.83. The molecule has 1 aromatic carbocycles. The topological polar surface area (TPSA) is 53.1 Å². The van der Waals surface area contributed by atoms with Crippen LogP contribution >= 0.6 is 15.9 Å². The summed E-state index contributed by atoms with van der Waals surface area (Å²) < 4.78 is 1.06. The summed E-state index contributed by atoms with van der Waals surface area (Å²) in [5.41, 5.74) is 3.67. The van der Waals surface area contributed by atoms with Crippen molar-refractivity contribution in [3.8, 4) is 0 Å². The Morgan fingerprint density at radius 1 is 1.41 bits per heavy atom. The predicted molar refractivity (Wildman–Crippen MR) is 92.5 cm³/mol. The number of aromatic amines is 1. The highest BCUT2D eigenvalue weighted by Gasteiger charge is 2.47. The Balaban J connectivity index is 2.15. The minimum Gasteiger partial charge on any atom is -0.481 e. The van der Waals surface area contributed by atoms with Crippen molar-refractivity contribution in [2.45, 2.75) is 57.8 Å². The number of fused-ring (bicyclic) bond motifs is 3. The van der Waals surface area contributed by atoms with Crippen LogP contribution in [-0.4, -0.2) is 16.1 Å². The van der Waals surface area contributed by atoms with Gasteiger partial charge in [0.25, 0.3) is 0 Å². The summed E-state index contributed by atoms with van der Waals surface area (Å²) in [6, 6.07) is 4.13. The van der Waals surface area contributed by atoms with Gasteiger partial charge in [0.05, 0.1) is 0 Å². The lowest BCUT2D eigenvalue weighted by molar-refractivity contribution is -0.144. The van der Waals surface area contributed by atoms with E-state index in [0.717, 1.165) is 47.8 Å². The molecule has 3 nitrogen and oxygen atoms in total. The zero-order chi connectivity index (χ0) is 15.9. The lowest BCUT2D eigenvalue weighted by Gasteiger charge is -2.24. The van der Waals surface area contributed by atoms with E-state index < -0.39 is 11.4 Å². The van der Waals surface area contributed by atoms with E-state index in [0.29, 0.717) is 6.42 Å². The summed E-state index contributed by atoms with van der Waals surface area (Å²) in [5, 5.41) is 11.1. The van der Waals surface area contributed by atoms with Crippen molar-refractivity contribution in [2.75, 3.05) is 0 Å². The first-order valence-electron chi connectivity index (χ1n) is 8.05. The second-order valence-corrected chi connectivity index (χ2v) is 7.29. The Morgan fingerprint density at radius 3 is 2.86 bits per heavy atom. The van der Waals surface area contributed by atoms with E-state index in [2.05, 4.69) is 46.9 Å². The zero-order valence-corrected chi connectivity index (χ0v) is 14.7. The third-order valence-electron chi connectivity index (χ3n) is 5.11. The fraction of sp³-hybridized carbons (Fsp3) is 0.500. The number of aromatic nitrogens is 1. The molecule has 1 atom stereocenters. The normalized spacial score (nSPS) is 20.5. The second kappa shape index (κ2) is 5.73. The molecule has 0 saturated carbocycles. The van der Waals surface area contributed by atoms with Crippen LogP contribution in [0, 0.1) is 6.92 Å². The molecule has 118 valence electrons. The van der Waals surface area contributed by atoms with Gasteiger partial charge in [-0.25, -0.2) is 0 Å². The summed E-state index contributed by atoms with van der Waals surface area (Å²) in [5.74, 6) is -0.678. The van der Waals surface area contributed by atoms with Gasteiger partial charge in [0.1, 0.15) is 5.41 Å². The Morgan fingerprint density at radius 2 is 2.18 bits per heavy atom. The minimum atomic E-state index is -0.727. The molecule has 2 N–H and O–H groups in total. The first kappa shape index (κ1) is 15.6. The van der Waals surface area contributed by atoms with Crippen molar-refractivity contribution in [2.24, 2.45) is 0 Å². The number of halogens is 1. The highest BCUT2D eigenvalue weighted by atomic mass is 79.9. The number of H-pyrrole nitrogens is 1. The Labute approximate surface area is 139 Å². The molecule has 1 unspecified atom stereocenters. The number of benzene rings is 1. The van der Waals surface area contributed by atoms with Crippen LogP contribution in [0.15, 0.2) is 16.6 Å². The Hall–Kier alpha value is -1.29. The molecule has 1 aliphatic rings. The molecular weight excluding hydrogens is 342 g/mol. The standard InChI is InChI=1S/C18H22BrNO2/c1-3-4-5-9-18(17(21)22)10-8-12-14-13(19)7-6-11(2)15(14)20-16(12)18/h6-7,20H,3-5,8-10H2,1-2H3,(H,21,22).